The molecule has 3 heterocycles. The number of halogens is 1. The second-order valence-electron chi connectivity index (χ2n) is 7.07. The number of imidazole rings is 1. The summed E-state index contributed by atoms with van der Waals surface area (Å²) in [5.41, 5.74) is 5.47. The van der Waals surface area contributed by atoms with Gasteiger partial charge in [0.2, 0.25) is 11.8 Å². The average molecular weight is 403 g/mol. The van der Waals surface area contributed by atoms with Crippen LogP contribution in [0, 0.1) is 0 Å². The first kappa shape index (κ1) is 19.5. The van der Waals surface area contributed by atoms with Crippen LogP contribution in [-0.2, 0) is 16.1 Å². The highest BCUT2D eigenvalue weighted by atomic mass is 19.1. The first-order valence-electron chi connectivity index (χ1n) is 9.09. The van der Waals surface area contributed by atoms with Gasteiger partial charge < -0.3 is 25.1 Å². The van der Waals surface area contributed by atoms with Crippen LogP contribution in [0.3, 0.4) is 0 Å². The molecule has 1 aliphatic rings. The van der Waals surface area contributed by atoms with Gasteiger partial charge in [0.05, 0.1) is 26.7 Å². The van der Waals surface area contributed by atoms with Crippen molar-refractivity contribution in [3.8, 4) is 5.88 Å². The number of alkyl halides is 1. The molecule has 3 aromatic rings. The molecule has 0 unspecified atom stereocenters. The van der Waals surface area contributed by atoms with Gasteiger partial charge in [-0.05, 0) is 12.5 Å². The van der Waals surface area contributed by atoms with Crippen LogP contribution in [0.25, 0.3) is 11.2 Å². The summed E-state index contributed by atoms with van der Waals surface area (Å²) in [6, 6.07) is 9.53. The van der Waals surface area contributed by atoms with E-state index in [2.05, 4.69) is 15.0 Å². The summed E-state index contributed by atoms with van der Waals surface area (Å²) in [4.78, 5) is 12.3. The van der Waals surface area contributed by atoms with Crippen molar-refractivity contribution in [3.63, 3.8) is 0 Å². The van der Waals surface area contributed by atoms with Crippen LogP contribution in [0.1, 0.15) is 18.7 Å². The van der Waals surface area contributed by atoms with Crippen LogP contribution < -0.4 is 10.5 Å². The Bertz CT molecular complexity index is 997. The first-order chi connectivity index (χ1) is 13.9. The number of rotatable bonds is 6. The predicted octanol–water partition coefficient (Wildman–Crippen LogP) is 1.62. The third-order valence-corrected chi connectivity index (χ3v) is 4.93. The standard InChI is InChI=1S/C19H22FN5O4/c1-19(26)14(20)12(9-28-8-11-6-4-3-5-7-11)29-17(19)25-10-22-13-15(25)23-18(21)24-16(13)27-2/h3-7,10,12,14,17,26H,8-9H2,1-2H3,(H2,21,23,24)/t12-,14+,17-,19-/m1/s1. The normalized spacial score (nSPS) is 26.8. The van der Waals surface area contributed by atoms with E-state index >= 15 is 0 Å². The van der Waals surface area contributed by atoms with Crippen molar-refractivity contribution >= 4 is 17.1 Å². The molecule has 0 amide bonds. The number of hydrogen-bond donors (Lipinski definition) is 2. The van der Waals surface area contributed by atoms with E-state index in [0.29, 0.717) is 12.1 Å². The number of hydrogen-bond acceptors (Lipinski definition) is 8. The molecule has 0 aliphatic carbocycles. The van der Waals surface area contributed by atoms with Gasteiger partial charge in [-0.3, -0.25) is 4.57 Å². The van der Waals surface area contributed by atoms with Gasteiger partial charge in [0.15, 0.2) is 23.6 Å². The number of nitrogens with zero attached hydrogens (tertiary/aromatic N) is 4. The Kier molecular flexibility index (Phi) is 5.07. The lowest BCUT2D eigenvalue weighted by Crippen LogP contribution is -2.41. The third kappa shape index (κ3) is 3.50. The Morgan fingerprint density at radius 1 is 1.31 bits per heavy atom. The number of anilines is 1. The fraction of sp³-hybridized carbons (Fsp3) is 0.421. The topological polar surface area (TPSA) is 118 Å². The molecule has 29 heavy (non-hydrogen) atoms. The van der Waals surface area contributed by atoms with Gasteiger partial charge in [0.25, 0.3) is 0 Å². The molecule has 1 aliphatic heterocycles. The van der Waals surface area contributed by atoms with Crippen LogP contribution in [0.5, 0.6) is 5.88 Å². The molecular formula is C19H22FN5O4. The van der Waals surface area contributed by atoms with Crippen molar-refractivity contribution in [2.45, 2.75) is 37.6 Å². The summed E-state index contributed by atoms with van der Waals surface area (Å²) in [6.07, 6.45) is -2.33. The largest absolute Gasteiger partial charge is 0.479 e. The molecular weight excluding hydrogens is 381 g/mol. The number of methoxy groups -OCH3 is 1. The quantitative estimate of drug-likeness (QED) is 0.638. The second-order valence-corrected chi connectivity index (χ2v) is 7.07. The zero-order valence-corrected chi connectivity index (χ0v) is 16.0. The maximum Gasteiger partial charge on any atom is 0.246 e. The minimum absolute atomic E-state index is 0.0181. The molecule has 10 heteroatoms. The minimum Gasteiger partial charge on any atom is -0.479 e. The summed E-state index contributed by atoms with van der Waals surface area (Å²) < 4.78 is 33.0. The number of nitrogen functional groups attached to an aromatic ring is 1. The van der Waals surface area contributed by atoms with Gasteiger partial charge in [0, 0.05) is 0 Å². The Morgan fingerprint density at radius 3 is 2.79 bits per heavy atom. The molecule has 3 N–H and O–H groups in total. The maximum atomic E-state index is 15.0. The van der Waals surface area contributed by atoms with E-state index in [1.807, 2.05) is 30.3 Å². The Labute approximate surface area is 166 Å². The zero-order valence-electron chi connectivity index (χ0n) is 16.0. The lowest BCUT2D eigenvalue weighted by atomic mass is 9.98. The molecule has 1 saturated heterocycles. The molecule has 1 aromatic carbocycles. The van der Waals surface area contributed by atoms with Crippen molar-refractivity contribution in [2.24, 2.45) is 0 Å². The van der Waals surface area contributed by atoms with Crippen molar-refractivity contribution in [3.05, 3.63) is 42.2 Å². The number of ether oxygens (including phenoxy) is 3. The van der Waals surface area contributed by atoms with Gasteiger partial charge in [0.1, 0.15) is 11.7 Å². The highest BCUT2D eigenvalue weighted by Crippen LogP contribution is 2.41. The zero-order chi connectivity index (χ0) is 20.6. The predicted molar refractivity (Wildman–Crippen MR) is 102 cm³/mol. The van der Waals surface area contributed by atoms with Gasteiger partial charge in [-0.1, -0.05) is 30.3 Å². The van der Waals surface area contributed by atoms with Crippen LogP contribution in [-0.4, -0.2) is 56.2 Å². The fourth-order valence-corrected chi connectivity index (χ4v) is 3.44. The number of fused-ring (bicyclic) bond motifs is 1. The smallest absolute Gasteiger partial charge is 0.246 e. The van der Waals surface area contributed by atoms with E-state index in [0.717, 1.165) is 5.56 Å². The second kappa shape index (κ2) is 7.54. The fourth-order valence-electron chi connectivity index (χ4n) is 3.44. The summed E-state index contributed by atoms with van der Waals surface area (Å²) in [7, 11) is 1.43. The number of nitrogens with two attached hydrogens (primary N) is 1. The van der Waals surface area contributed by atoms with E-state index in [-0.39, 0.29) is 24.1 Å². The summed E-state index contributed by atoms with van der Waals surface area (Å²) >= 11 is 0. The van der Waals surface area contributed by atoms with E-state index < -0.39 is 24.1 Å². The Morgan fingerprint density at radius 2 is 2.07 bits per heavy atom. The minimum atomic E-state index is -1.83. The maximum absolute atomic E-state index is 15.0. The highest BCUT2D eigenvalue weighted by Gasteiger charge is 2.55. The molecule has 0 bridgehead atoms. The number of aromatic nitrogens is 4. The number of benzene rings is 1. The summed E-state index contributed by atoms with van der Waals surface area (Å²) in [6.45, 7) is 1.66. The molecule has 4 atom stereocenters. The first-order valence-corrected chi connectivity index (χ1v) is 9.09. The van der Waals surface area contributed by atoms with Crippen LogP contribution in [0.2, 0.25) is 0 Å². The van der Waals surface area contributed by atoms with Gasteiger partial charge in [-0.2, -0.15) is 9.97 Å². The molecule has 9 nitrogen and oxygen atoms in total. The van der Waals surface area contributed by atoms with Crippen molar-refractivity contribution in [1.82, 2.24) is 19.5 Å². The molecule has 1 fully saturated rings. The van der Waals surface area contributed by atoms with Gasteiger partial charge in [-0.25, -0.2) is 9.37 Å². The molecule has 0 radical (unpaired) electrons. The van der Waals surface area contributed by atoms with E-state index in [4.69, 9.17) is 19.9 Å². The molecule has 4 rings (SSSR count). The van der Waals surface area contributed by atoms with Crippen LogP contribution >= 0.6 is 0 Å². The van der Waals surface area contributed by atoms with Crippen molar-refractivity contribution in [1.29, 1.82) is 0 Å². The van der Waals surface area contributed by atoms with Crippen molar-refractivity contribution in [2.75, 3.05) is 19.5 Å². The summed E-state index contributed by atoms with van der Waals surface area (Å²) in [5.74, 6) is 0.150. The Balaban J connectivity index is 1.55. The van der Waals surface area contributed by atoms with Gasteiger partial charge in [-0.15, -0.1) is 0 Å². The lowest BCUT2D eigenvalue weighted by Gasteiger charge is -2.26. The van der Waals surface area contributed by atoms with Crippen LogP contribution in [0.4, 0.5) is 10.3 Å². The molecule has 2 aromatic heterocycles. The number of aliphatic hydroxyl groups is 1. The van der Waals surface area contributed by atoms with E-state index in [9.17, 15) is 9.50 Å². The Hall–Kier alpha value is -2.82. The highest BCUT2D eigenvalue weighted by molar-refractivity contribution is 5.77. The van der Waals surface area contributed by atoms with Gasteiger partial charge >= 0.3 is 0 Å². The lowest BCUT2D eigenvalue weighted by molar-refractivity contribution is -0.0933. The summed E-state index contributed by atoms with van der Waals surface area (Å²) in [5, 5.41) is 10.8. The molecule has 0 spiro atoms. The molecule has 0 saturated carbocycles. The van der Waals surface area contributed by atoms with E-state index in [1.54, 1.807) is 0 Å². The van der Waals surface area contributed by atoms with Crippen LogP contribution in [0.15, 0.2) is 36.7 Å². The average Bonchev–Trinajstić information content (AvgIpc) is 3.21. The van der Waals surface area contributed by atoms with Crippen molar-refractivity contribution < 1.29 is 23.7 Å². The third-order valence-electron chi connectivity index (χ3n) is 4.93. The molecule has 154 valence electrons. The SMILES string of the molecule is COc1nc(N)nc2c1ncn2[C@@H]1O[C@H](COCc2ccccc2)[C@H](F)[C@@]1(C)O. The van der Waals surface area contributed by atoms with E-state index in [1.165, 1.54) is 24.9 Å². The monoisotopic (exact) mass is 403 g/mol.